The van der Waals surface area contributed by atoms with E-state index in [9.17, 15) is 8.42 Å². The Hall–Kier alpha value is -0.990. The maximum atomic E-state index is 11.6. The van der Waals surface area contributed by atoms with E-state index in [2.05, 4.69) is 10.2 Å². The minimum absolute atomic E-state index is 0.0900. The summed E-state index contributed by atoms with van der Waals surface area (Å²) in [6, 6.07) is 0. The molecule has 2 rings (SSSR count). The van der Waals surface area contributed by atoms with E-state index in [4.69, 9.17) is 9.88 Å². The molecule has 1 saturated heterocycles. The largest absolute Gasteiger partial charge is 0.378 e. The van der Waals surface area contributed by atoms with Crippen LogP contribution in [0.25, 0.3) is 0 Å². The van der Waals surface area contributed by atoms with Crippen LogP contribution in [0.4, 0.5) is 0 Å². The average molecular weight is 302 g/mol. The Morgan fingerprint density at radius 3 is 2.70 bits per heavy atom. The molecule has 1 atom stereocenters. The highest BCUT2D eigenvalue weighted by Crippen LogP contribution is 2.18. The van der Waals surface area contributed by atoms with Crippen LogP contribution in [-0.2, 0) is 27.7 Å². The Labute approximate surface area is 119 Å². The summed E-state index contributed by atoms with van der Waals surface area (Å²) in [5.74, 6) is 0.909. The average Bonchev–Trinajstić information content (AvgIpc) is 2.72. The predicted molar refractivity (Wildman–Crippen MR) is 73.5 cm³/mol. The van der Waals surface area contributed by atoms with Crippen LogP contribution < -0.4 is 5.14 Å². The lowest BCUT2D eigenvalue weighted by atomic mass is 10.1. The minimum atomic E-state index is -3.85. The Kier molecular flexibility index (Phi) is 4.77. The van der Waals surface area contributed by atoms with Crippen molar-refractivity contribution in [1.29, 1.82) is 0 Å². The van der Waals surface area contributed by atoms with Gasteiger partial charge in [0.05, 0.1) is 6.10 Å². The summed E-state index contributed by atoms with van der Waals surface area (Å²) in [5, 5.41) is 12.8. The molecule has 8 heteroatoms. The molecule has 1 aromatic heterocycles. The lowest BCUT2D eigenvalue weighted by Crippen LogP contribution is -2.25. The van der Waals surface area contributed by atoms with E-state index in [1.54, 1.807) is 4.57 Å². The number of aromatic nitrogens is 3. The maximum Gasteiger partial charge on any atom is 0.273 e. The summed E-state index contributed by atoms with van der Waals surface area (Å²) in [4.78, 5) is 0. The van der Waals surface area contributed by atoms with Crippen LogP contribution in [0, 0.1) is 5.92 Å². The molecule has 0 radical (unpaired) electrons. The van der Waals surface area contributed by atoms with Crippen molar-refractivity contribution in [3.8, 4) is 0 Å². The van der Waals surface area contributed by atoms with Gasteiger partial charge in [0, 0.05) is 19.6 Å². The smallest absolute Gasteiger partial charge is 0.273 e. The predicted octanol–water partition coefficient (Wildman–Crippen LogP) is 0.693. The van der Waals surface area contributed by atoms with Gasteiger partial charge in [0.15, 0.2) is 0 Å². The molecular weight excluding hydrogens is 280 g/mol. The van der Waals surface area contributed by atoms with Gasteiger partial charge in [0.2, 0.25) is 0 Å². The number of rotatable bonds is 5. The molecular formula is C12H22N4O3S. The molecule has 1 fully saturated rings. The molecule has 114 valence electrons. The molecule has 1 aliphatic rings. The van der Waals surface area contributed by atoms with Gasteiger partial charge in [-0.3, -0.25) is 0 Å². The second-order valence-electron chi connectivity index (χ2n) is 5.64. The van der Waals surface area contributed by atoms with E-state index in [1.165, 1.54) is 0 Å². The lowest BCUT2D eigenvalue weighted by molar-refractivity contribution is 0.0149. The second-order valence-corrected chi connectivity index (χ2v) is 7.10. The molecule has 2 heterocycles. The van der Waals surface area contributed by atoms with Gasteiger partial charge in [-0.15, -0.1) is 10.2 Å². The third kappa shape index (κ3) is 3.77. The monoisotopic (exact) mass is 302 g/mol. The Bertz CT molecular complexity index is 547. The van der Waals surface area contributed by atoms with E-state index in [1.807, 2.05) is 13.8 Å². The first-order valence-corrected chi connectivity index (χ1v) is 8.49. The van der Waals surface area contributed by atoms with Crippen LogP contribution in [0.5, 0.6) is 0 Å². The molecule has 7 nitrogen and oxygen atoms in total. The molecule has 0 amide bonds. The first-order chi connectivity index (χ1) is 9.38. The molecule has 2 N–H and O–H groups in total. The molecule has 1 aliphatic heterocycles. The Morgan fingerprint density at radius 1 is 1.40 bits per heavy atom. The van der Waals surface area contributed by atoms with Crippen molar-refractivity contribution in [2.24, 2.45) is 11.1 Å². The fraction of sp³-hybridized carbons (Fsp3) is 0.833. The van der Waals surface area contributed by atoms with Gasteiger partial charge < -0.3 is 9.30 Å². The number of nitrogens with zero attached hydrogens (tertiary/aromatic N) is 3. The number of sulfonamides is 1. The number of ether oxygens (including phenoxy) is 1. The molecule has 0 aromatic carbocycles. The summed E-state index contributed by atoms with van der Waals surface area (Å²) < 4.78 is 30.4. The molecule has 0 spiro atoms. The van der Waals surface area contributed by atoms with Crippen LogP contribution >= 0.6 is 0 Å². The SMILES string of the molecule is CC(C)Cn1c(CC2CCCCO2)nnc1S(N)(=O)=O. The van der Waals surface area contributed by atoms with E-state index < -0.39 is 10.0 Å². The zero-order chi connectivity index (χ0) is 14.8. The quantitative estimate of drug-likeness (QED) is 0.862. The topological polar surface area (TPSA) is 100 Å². The maximum absolute atomic E-state index is 11.6. The zero-order valence-electron chi connectivity index (χ0n) is 11.9. The van der Waals surface area contributed by atoms with Crippen LogP contribution in [0.15, 0.2) is 5.16 Å². The first-order valence-electron chi connectivity index (χ1n) is 6.94. The summed E-state index contributed by atoms with van der Waals surface area (Å²) in [7, 11) is -3.85. The van der Waals surface area contributed by atoms with Crippen molar-refractivity contribution in [3.63, 3.8) is 0 Å². The Balaban J connectivity index is 2.25. The van der Waals surface area contributed by atoms with Crippen molar-refractivity contribution in [2.45, 2.75) is 57.3 Å². The molecule has 0 bridgehead atoms. The summed E-state index contributed by atoms with van der Waals surface area (Å²) in [6.07, 6.45) is 3.85. The minimum Gasteiger partial charge on any atom is -0.378 e. The van der Waals surface area contributed by atoms with Gasteiger partial charge in [0.1, 0.15) is 5.82 Å². The number of hydrogen-bond acceptors (Lipinski definition) is 5. The standard InChI is InChI=1S/C12H22N4O3S/c1-9(2)8-16-11(7-10-5-3-4-6-19-10)14-15-12(16)20(13,17)18/h9-10H,3-8H2,1-2H3,(H2,13,17,18). The normalized spacial score (nSPS) is 20.5. The fourth-order valence-corrected chi connectivity index (χ4v) is 3.04. The third-order valence-electron chi connectivity index (χ3n) is 3.28. The molecule has 1 unspecified atom stereocenters. The van der Waals surface area contributed by atoms with Crippen molar-refractivity contribution in [2.75, 3.05) is 6.61 Å². The van der Waals surface area contributed by atoms with Crippen molar-refractivity contribution in [3.05, 3.63) is 5.82 Å². The van der Waals surface area contributed by atoms with E-state index in [0.29, 0.717) is 18.8 Å². The van der Waals surface area contributed by atoms with E-state index in [-0.39, 0.29) is 17.2 Å². The zero-order valence-corrected chi connectivity index (χ0v) is 12.8. The van der Waals surface area contributed by atoms with Gasteiger partial charge in [-0.1, -0.05) is 13.8 Å². The van der Waals surface area contributed by atoms with E-state index >= 15 is 0 Å². The van der Waals surface area contributed by atoms with Crippen LogP contribution in [0.1, 0.15) is 38.9 Å². The summed E-state index contributed by atoms with van der Waals surface area (Å²) in [5.41, 5.74) is 0. The molecule has 1 aromatic rings. The molecule has 0 aliphatic carbocycles. The lowest BCUT2D eigenvalue weighted by Gasteiger charge is -2.22. The molecule has 20 heavy (non-hydrogen) atoms. The van der Waals surface area contributed by atoms with E-state index in [0.717, 1.165) is 25.9 Å². The van der Waals surface area contributed by atoms with Crippen LogP contribution in [0.3, 0.4) is 0 Å². The van der Waals surface area contributed by atoms with Crippen molar-refractivity contribution in [1.82, 2.24) is 14.8 Å². The third-order valence-corrected chi connectivity index (χ3v) is 4.09. The highest BCUT2D eigenvalue weighted by atomic mass is 32.2. The van der Waals surface area contributed by atoms with Crippen LogP contribution in [-0.4, -0.2) is 35.9 Å². The second kappa shape index (κ2) is 6.19. The van der Waals surface area contributed by atoms with Crippen molar-refractivity contribution < 1.29 is 13.2 Å². The number of nitrogens with two attached hydrogens (primary N) is 1. The fourth-order valence-electron chi connectivity index (χ4n) is 2.40. The van der Waals surface area contributed by atoms with Gasteiger partial charge in [-0.25, -0.2) is 13.6 Å². The van der Waals surface area contributed by atoms with Gasteiger partial charge in [-0.05, 0) is 25.2 Å². The summed E-state index contributed by atoms with van der Waals surface area (Å²) >= 11 is 0. The number of hydrogen-bond donors (Lipinski definition) is 1. The summed E-state index contributed by atoms with van der Waals surface area (Å²) in [6.45, 7) is 5.30. The highest BCUT2D eigenvalue weighted by Gasteiger charge is 2.24. The van der Waals surface area contributed by atoms with Gasteiger partial charge in [0.25, 0.3) is 15.2 Å². The van der Waals surface area contributed by atoms with Gasteiger partial charge >= 0.3 is 0 Å². The Morgan fingerprint density at radius 2 is 2.15 bits per heavy atom. The van der Waals surface area contributed by atoms with Crippen LogP contribution in [0.2, 0.25) is 0 Å². The van der Waals surface area contributed by atoms with Crippen molar-refractivity contribution >= 4 is 10.0 Å². The molecule has 0 saturated carbocycles. The van der Waals surface area contributed by atoms with Gasteiger partial charge in [-0.2, -0.15) is 0 Å². The first kappa shape index (κ1) is 15.4. The highest BCUT2D eigenvalue weighted by molar-refractivity contribution is 7.89. The number of primary sulfonamides is 1.